The molecule has 1 saturated heterocycles. The van der Waals surface area contributed by atoms with Crippen LogP contribution >= 0.6 is 0 Å². The summed E-state index contributed by atoms with van der Waals surface area (Å²) in [5.41, 5.74) is -0.132. The van der Waals surface area contributed by atoms with Crippen molar-refractivity contribution in [3.8, 4) is 0 Å². The Balaban J connectivity index is 1.83. The Morgan fingerprint density at radius 2 is 1.81 bits per heavy atom. The number of hydrogen-bond acceptors (Lipinski definition) is 2. The molecule has 1 aliphatic carbocycles. The number of amides is 1. The summed E-state index contributed by atoms with van der Waals surface area (Å²) in [4.78, 5) is 26.1. The second kappa shape index (κ2) is 4.86. The fourth-order valence-electron chi connectivity index (χ4n) is 3.53. The van der Waals surface area contributed by atoms with Crippen LogP contribution < -0.4 is 0 Å². The number of likely N-dealkylation sites (tertiary alicyclic amines) is 1. The molecule has 1 unspecified atom stereocenters. The molecular formula is C17H21NO3. The molecule has 0 spiro atoms. The molecular weight excluding hydrogens is 266 g/mol. The van der Waals surface area contributed by atoms with Crippen LogP contribution in [0.25, 0.3) is 0 Å². The van der Waals surface area contributed by atoms with Gasteiger partial charge in [0, 0.05) is 13.1 Å². The molecule has 4 heteroatoms. The first-order chi connectivity index (χ1) is 9.98. The van der Waals surface area contributed by atoms with E-state index in [1.807, 2.05) is 30.3 Å². The first-order valence-corrected chi connectivity index (χ1v) is 7.56. The molecule has 0 radical (unpaired) electrons. The first kappa shape index (κ1) is 14.1. The van der Waals surface area contributed by atoms with Crippen molar-refractivity contribution in [1.82, 2.24) is 4.90 Å². The van der Waals surface area contributed by atoms with Crippen LogP contribution in [0.1, 0.15) is 38.2 Å². The van der Waals surface area contributed by atoms with Gasteiger partial charge in [0.05, 0.1) is 10.8 Å². The highest BCUT2D eigenvalue weighted by Crippen LogP contribution is 2.46. The van der Waals surface area contributed by atoms with Crippen molar-refractivity contribution in [3.63, 3.8) is 0 Å². The molecule has 1 saturated carbocycles. The predicted octanol–water partition coefficient (Wildman–Crippen LogP) is 2.43. The summed E-state index contributed by atoms with van der Waals surface area (Å²) in [7, 11) is 0. The average molecular weight is 287 g/mol. The van der Waals surface area contributed by atoms with E-state index in [4.69, 9.17) is 0 Å². The summed E-state index contributed by atoms with van der Waals surface area (Å²) in [6, 6.07) is 9.92. The molecule has 1 amide bonds. The maximum absolute atomic E-state index is 13.0. The topological polar surface area (TPSA) is 57.6 Å². The van der Waals surface area contributed by atoms with Crippen LogP contribution in [-0.4, -0.2) is 35.0 Å². The van der Waals surface area contributed by atoms with Gasteiger partial charge in [0.2, 0.25) is 5.91 Å². The predicted molar refractivity (Wildman–Crippen MR) is 78.9 cm³/mol. The third-order valence-electron chi connectivity index (χ3n) is 5.22. The van der Waals surface area contributed by atoms with Crippen molar-refractivity contribution in [1.29, 1.82) is 0 Å². The molecule has 21 heavy (non-hydrogen) atoms. The van der Waals surface area contributed by atoms with Gasteiger partial charge in [-0.05, 0) is 31.7 Å². The molecule has 3 rings (SSSR count). The van der Waals surface area contributed by atoms with E-state index in [1.165, 1.54) is 0 Å². The second-order valence-corrected chi connectivity index (χ2v) is 6.64. The third-order valence-corrected chi connectivity index (χ3v) is 5.22. The van der Waals surface area contributed by atoms with Gasteiger partial charge in [-0.25, -0.2) is 0 Å². The van der Waals surface area contributed by atoms with E-state index in [0.717, 1.165) is 24.8 Å². The Kier molecular flexibility index (Phi) is 3.27. The minimum Gasteiger partial charge on any atom is -0.481 e. The minimum atomic E-state index is -0.805. The van der Waals surface area contributed by atoms with Gasteiger partial charge in [0.1, 0.15) is 0 Å². The smallest absolute Gasteiger partial charge is 0.311 e. The maximum atomic E-state index is 13.0. The SMILES string of the molecule is CC1(C(=O)O)CCN(C(=O)C2(c3ccccc3)CCC2)C1. The van der Waals surface area contributed by atoms with Gasteiger partial charge >= 0.3 is 5.97 Å². The zero-order valence-electron chi connectivity index (χ0n) is 12.3. The van der Waals surface area contributed by atoms with Crippen molar-refractivity contribution in [2.24, 2.45) is 5.41 Å². The highest BCUT2D eigenvalue weighted by molar-refractivity contribution is 5.90. The van der Waals surface area contributed by atoms with E-state index in [9.17, 15) is 14.7 Å². The standard InChI is InChI=1S/C17H21NO3/c1-16(15(20)21)10-11-18(12-16)14(19)17(8-5-9-17)13-6-3-2-4-7-13/h2-4,6-7H,5,8-12H2,1H3,(H,20,21). The average Bonchev–Trinajstić information content (AvgIpc) is 2.83. The van der Waals surface area contributed by atoms with E-state index in [2.05, 4.69) is 0 Å². The van der Waals surface area contributed by atoms with Crippen LogP contribution in [0, 0.1) is 5.41 Å². The van der Waals surface area contributed by atoms with Crippen LogP contribution in [0.3, 0.4) is 0 Å². The molecule has 1 aliphatic heterocycles. The molecule has 2 fully saturated rings. The number of hydrogen-bond donors (Lipinski definition) is 1. The lowest BCUT2D eigenvalue weighted by atomic mass is 9.63. The zero-order chi connectivity index (χ0) is 15.1. The number of aliphatic carboxylic acids is 1. The lowest BCUT2D eigenvalue weighted by Crippen LogP contribution is -2.51. The number of carbonyl (C=O) groups excluding carboxylic acids is 1. The molecule has 4 nitrogen and oxygen atoms in total. The number of carboxylic acids is 1. The van der Waals surface area contributed by atoms with E-state index < -0.39 is 16.8 Å². The van der Waals surface area contributed by atoms with Crippen LogP contribution in [0.5, 0.6) is 0 Å². The molecule has 2 aliphatic rings. The summed E-state index contributed by atoms with van der Waals surface area (Å²) in [6.45, 7) is 2.62. The van der Waals surface area contributed by atoms with Crippen LogP contribution in [0.4, 0.5) is 0 Å². The third kappa shape index (κ3) is 2.13. The minimum absolute atomic E-state index is 0.116. The van der Waals surface area contributed by atoms with Gasteiger partial charge < -0.3 is 10.0 Å². The lowest BCUT2D eigenvalue weighted by molar-refractivity contribution is -0.148. The van der Waals surface area contributed by atoms with Crippen LogP contribution in [0.15, 0.2) is 30.3 Å². The molecule has 1 aromatic rings. The molecule has 1 N–H and O–H groups in total. The van der Waals surface area contributed by atoms with Gasteiger partial charge in [-0.3, -0.25) is 9.59 Å². The Morgan fingerprint density at radius 1 is 1.14 bits per heavy atom. The van der Waals surface area contributed by atoms with Crippen molar-refractivity contribution < 1.29 is 14.7 Å². The highest BCUT2D eigenvalue weighted by atomic mass is 16.4. The van der Waals surface area contributed by atoms with Gasteiger partial charge in [0.25, 0.3) is 0 Å². The summed E-state index contributed by atoms with van der Waals surface area (Å²) in [5, 5.41) is 9.33. The number of carboxylic acid groups (broad SMARTS) is 1. The Bertz CT molecular complexity index is 565. The fraction of sp³-hybridized carbons (Fsp3) is 0.529. The quantitative estimate of drug-likeness (QED) is 0.929. The highest BCUT2D eigenvalue weighted by Gasteiger charge is 2.51. The molecule has 112 valence electrons. The largest absolute Gasteiger partial charge is 0.481 e. The van der Waals surface area contributed by atoms with E-state index in [1.54, 1.807) is 11.8 Å². The first-order valence-electron chi connectivity index (χ1n) is 7.56. The van der Waals surface area contributed by atoms with Crippen molar-refractivity contribution in [2.75, 3.05) is 13.1 Å². The van der Waals surface area contributed by atoms with Crippen LogP contribution in [-0.2, 0) is 15.0 Å². The second-order valence-electron chi connectivity index (χ2n) is 6.64. The van der Waals surface area contributed by atoms with Crippen molar-refractivity contribution in [3.05, 3.63) is 35.9 Å². The Morgan fingerprint density at radius 3 is 2.29 bits per heavy atom. The maximum Gasteiger partial charge on any atom is 0.311 e. The number of benzene rings is 1. The summed E-state index contributed by atoms with van der Waals surface area (Å²) >= 11 is 0. The zero-order valence-corrected chi connectivity index (χ0v) is 12.3. The number of rotatable bonds is 3. The van der Waals surface area contributed by atoms with Gasteiger partial charge in [-0.15, -0.1) is 0 Å². The fourth-order valence-corrected chi connectivity index (χ4v) is 3.53. The Hall–Kier alpha value is -1.84. The van der Waals surface area contributed by atoms with E-state index >= 15 is 0 Å². The monoisotopic (exact) mass is 287 g/mol. The van der Waals surface area contributed by atoms with Crippen LogP contribution in [0.2, 0.25) is 0 Å². The molecule has 1 aromatic carbocycles. The summed E-state index contributed by atoms with van der Waals surface area (Å²) in [6.07, 6.45) is 3.34. The number of nitrogens with zero attached hydrogens (tertiary/aromatic N) is 1. The van der Waals surface area contributed by atoms with Crippen molar-refractivity contribution >= 4 is 11.9 Å². The summed E-state index contributed by atoms with van der Waals surface area (Å²) < 4.78 is 0. The normalized spacial score (nSPS) is 27.2. The van der Waals surface area contributed by atoms with Gasteiger partial charge in [0.15, 0.2) is 0 Å². The van der Waals surface area contributed by atoms with Crippen molar-refractivity contribution in [2.45, 2.75) is 38.0 Å². The number of carbonyl (C=O) groups is 2. The van der Waals surface area contributed by atoms with E-state index in [-0.39, 0.29) is 5.91 Å². The molecule has 1 atom stereocenters. The van der Waals surface area contributed by atoms with Gasteiger partial charge in [-0.2, -0.15) is 0 Å². The molecule has 0 aromatic heterocycles. The van der Waals surface area contributed by atoms with Gasteiger partial charge in [-0.1, -0.05) is 36.8 Å². The van der Waals surface area contributed by atoms with E-state index in [0.29, 0.717) is 19.5 Å². The summed E-state index contributed by atoms with van der Waals surface area (Å²) in [5.74, 6) is -0.690. The molecule has 0 bridgehead atoms. The lowest BCUT2D eigenvalue weighted by Gasteiger charge is -2.43. The molecule has 1 heterocycles. The Labute approximate surface area is 124 Å².